The average molecular weight is 195 g/mol. The predicted octanol–water partition coefficient (Wildman–Crippen LogP) is 1.31. The molecular formula is C5H7BrO3. The molecule has 0 saturated carbocycles. The number of ether oxygens (including phenoxy) is 2. The first-order valence-electron chi connectivity index (χ1n) is 2.67. The van der Waals surface area contributed by atoms with E-state index in [2.05, 4.69) is 20.7 Å². The van der Waals surface area contributed by atoms with Crippen LogP contribution in [0.3, 0.4) is 0 Å². The van der Waals surface area contributed by atoms with Gasteiger partial charge in [0.1, 0.15) is 6.10 Å². The van der Waals surface area contributed by atoms with Crippen molar-refractivity contribution in [3.63, 3.8) is 0 Å². The number of halogens is 1. The number of carbonyl (C=O) groups is 1. The first-order valence-corrected chi connectivity index (χ1v) is 3.79. The zero-order chi connectivity index (χ0) is 6.85. The number of rotatable bonds is 1. The number of alkyl halides is 1. The molecule has 3 nitrogen and oxygen atoms in total. The lowest BCUT2D eigenvalue weighted by atomic mass is 10.3. The van der Waals surface area contributed by atoms with Crippen LogP contribution in [0.15, 0.2) is 0 Å². The van der Waals surface area contributed by atoms with E-state index in [1.807, 2.05) is 0 Å². The first-order chi connectivity index (χ1) is 4.24. The van der Waals surface area contributed by atoms with E-state index in [4.69, 9.17) is 4.74 Å². The molecule has 1 rings (SSSR count). The Labute approximate surface area is 61.4 Å². The molecule has 0 aromatic rings. The minimum atomic E-state index is -0.563. The van der Waals surface area contributed by atoms with Crippen LogP contribution in [0.1, 0.15) is 6.92 Å². The lowest BCUT2D eigenvalue weighted by Crippen LogP contribution is -2.19. The molecule has 0 amide bonds. The van der Waals surface area contributed by atoms with Crippen LogP contribution in [-0.4, -0.2) is 23.7 Å². The van der Waals surface area contributed by atoms with Gasteiger partial charge in [-0.2, -0.15) is 0 Å². The topological polar surface area (TPSA) is 35.5 Å². The van der Waals surface area contributed by atoms with Crippen LogP contribution in [0.4, 0.5) is 4.79 Å². The molecule has 1 fully saturated rings. The number of cyclic esters (lactones) is 2. The Morgan fingerprint density at radius 3 is 2.56 bits per heavy atom. The molecule has 1 heterocycles. The van der Waals surface area contributed by atoms with Gasteiger partial charge >= 0.3 is 6.16 Å². The number of hydrogen-bond donors (Lipinski definition) is 0. The minimum Gasteiger partial charge on any atom is -0.427 e. The molecular weight excluding hydrogens is 188 g/mol. The third-order valence-electron chi connectivity index (χ3n) is 1.21. The normalized spacial score (nSPS) is 33.8. The quantitative estimate of drug-likeness (QED) is 0.467. The molecule has 4 heteroatoms. The summed E-state index contributed by atoms with van der Waals surface area (Å²) in [5.74, 6) is 0. The van der Waals surface area contributed by atoms with Crippen molar-refractivity contribution in [3.8, 4) is 0 Å². The Kier molecular flexibility index (Phi) is 1.95. The molecule has 9 heavy (non-hydrogen) atoms. The van der Waals surface area contributed by atoms with Crippen molar-refractivity contribution in [2.24, 2.45) is 0 Å². The Hall–Kier alpha value is -0.250. The maximum atomic E-state index is 10.4. The van der Waals surface area contributed by atoms with Crippen molar-refractivity contribution in [2.75, 3.05) is 5.33 Å². The van der Waals surface area contributed by atoms with Gasteiger partial charge in [-0.3, -0.25) is 0 Å². The lowest BCUT2D eigenvalue weighted by Gasteiger charge is -2.04. The smallest absolute Gasteiger partial charge is 0.427 e. The Bertz CT molecular complexity index is 125. The van der Waals surface area contributed by atoms with Crippen LogP contribution in [0.25, 0.3) is 0 Å². The molecule has 0 bridgehead atoms. The van der Waals surface area contributed by atoms with Gasteiger partial charge in [-0.15, -0.1) is 0 Å². The van der Waals surface area contributed by atoms with Gasteiger partial charge < -0.3 is 9.47 Å². The monoisotopic (exact) mass is 194 g/mol. The summed E-state index contributed by atoms with van der Waals surface area (Å²) in [6.45, 7) is 1.80. The molecule has 0 radical (unpaired) electrons. The zero-order valence-electron chi connectivity index (χ0n) is 4.96. The maximum absolute atomic E-state index is 10.4. The molecule has 52 valence electrons. The highest BCUT2D eigenvalue weighted by atomic mass is 79.9. The van der Waals surface area contributed by atoms with Crippen LogP contribution < -0.4 is 0 Å². The highest BCUT2D eigenvalue weighted by Gasteiger charge is 2.31. The van der Waals surface area contributed by atoms with Gasteiger partial charge in [0.25, 0.3) is 0 Å². The lowest BCUT2D eigenvalue weighted by molar-refractivity contribution is 0.119. The second-order valence-electron chi connectivity index (χ2n) is 1.88. The summed E-state index contributed by atoms with van der Waals surface area (Å²) in [4.78, 5) is 10.4. The van der Waals surface area contributed by atoms with Crippen LogP contribution in [0, 0.1) is 0 Å². The third kappa shape index (κ3) is 1.36. The molecule has 0 aromatic heterocycles. The fourth-order valence-electron chi connectivity index (χ4n) is 0.632. The van der Waals surface area contributed by atoms with E-state index in [1.54, 1.807) is 6.92 Å². The van der Waals surface area contributed by atoms with E-state index < -0.39 is 6.16 Å². The number of hydrogen-bond acceptors (Lipinski definition) is 3. The molecule has 2 atom stereocenters. The van der Waals surface area contributed by atoms with Crippen LogP contribution >= 0.6 is 15.9 Å². The van der Waals surface area contributed by atoms with E-state index in [0.717, 1.165) is 0 Å². The van der Waals surface area contributed by atoms with Crippen molar-refractivity contribution < 1.29 is 14.3 Å². The molecule has 1 aliphatic rings. The molecule has 0 N–H and O–H groups in total. The van der Waals surface area contributed by atoms with E-state index in [1.165, 1.54) is 0 Å². The Morgan fingerprint density at radius 2 is 2.33 bits per heavy atom. The van der Waals surface area contributed by atoms with Gasteiger partial charge in [-0.05, 0) is 6.92 Å². The molecule has 0 spiro atoms. The summed E-state index contributed by atoms with van der Waals surface area (Å²) < 4.78 is 9.39. The molecule has 1 saturated heterocycles. The van der Waals surface area contributed by atoms with Crippen LogP contribution in [-0.2, 0) is 9.47 Å². The Morgan fingerprint density at radius 1 is 1.67 bits per heavy atom. The van der Waals surface area contributed by atoms with Gasteiger partial charge in [-0.1, -0.05) is 15.9 Å². The first kappa shape index (κ1) is 6.86. The van der Waals surface area contributed by atoms with Crippen LogP contribution in [0.5, 0.6) is 0 Å². The largest absolute Gasteiger partial charge is 0.509 e. The highest BCUT2D eigenvalue weighted by Crippen LogP contribution is 2.15. The maximum Gasteiger partial charge on any atom is 0.509 e. The molecule has 0 aliphatic carbocycles. The molecule has 1 aliphatic heterocycles. The summed E-state index contributed by atoms with van der Waals surface area (Å²) in [6.07, 6.45) is -0.790. The second kappa shape index (κ2) is 2.56. The van der Waals surface area contributed by atoms with Gasteiger partial charge in [0.15, 0.2) is 6.10 Å². The predicted molar refractivity (Wildman–Crippen MR) is 34.6 cm³/mol. The summed E-state index contributed by atoms with van der Waals surface area (Å²) in [6, 6.07) is 0. The number of carbonyl (C=O) groups excluding carboxylic acids is 1. The second-order valence-corrected chi connectivity index (χ2v) is 2.53. The van der Waals surface area contributed by atoms with Gasteiger partial charge in [-0.25, -0.2) is 4.79 Å². The summed E-state index contributed by atoms with van der Waals surface area (Å²) in [7, 11) is 0. The SMILES string of the molecule is CC1OC(=O)O[C@H]1CBr. The Balaban J connectivity index is 2.47. The van der Waals surface area contributed by atoms with E-state index in [-0.39, 0.29) is 12.2 Å². The van der Waals surface area contributed by atoms with Crippen molar-refractivity contribution >= 4 is 22.1 Å². The summed E-state index contributed by atoms with van der Waals surface area (Å²) >= 11 is 3.19. The molecule has 0 aromatic carbocycles. The summed E-state index contributed by atoms with van der Waals surface area (Å²) in [5.41, 5.74) is 0. The van der Waals surface area contributed by atoms with Gasteiger partial charge in [0.05, 0.1) is 0 Å². The van der Waals surface area contributed by atoms with E-state index in [9.17, 15) is 4.79 Å². The fourth-order valence-corrected chi connectivity index (χ4v) is 1.29. The highest BCUT2D eigenvalue weighted by molar-refractivity contribution is 9.09. The zero-order valence-corrected chi connectivity index (χ0v) is 6.55. The fraction of sp³-hybridized carbons (Fsp3) is 0.800. The van der Waals surface area contributed by atoms with E-state index >= 15 is 0 Å². The van der Waals surface area contributed by atoms with Gasteiger partial charge in [0, 0.05) is 5.33 Å². The van der Waals surface area contributed by atoms with Crippen molar-refractivity contribution in [2.45, 2.75) is 19.1 Å². The minimum absolute atomic E-state index is 0.113. The van der Waals surface area contributed by atoms with Gasteiger partial charge in [0.2, 0.25) is 0 Å². The standard InChI is InChI=1S/C5H7BrO3/c1-3-4(2-6)9-5(7)8-3/h3-4H,2H2,1H3/t3?,4-/m0/s1. The summed E-state index contributed by atoms with van der Waals surface area (Å²) in [5, 5.41) is 0.639. The average Bonchev–Trinajstić information content (AvgIpc) is 2.10. The van der Waals surface area contributed by atoms with Crippen molar-refractivity contribution in [1.82, 2.24) is 0 Å². The van der Waals surface area contributed by atoms with E-state index in [0.29, 0.717) is 5.33 Å². The van der Waals surface area contributed by atoms with Crippen molar-refractivity contribution in [1.29, 1.82) is 0 Å². The van der Waals surface area contributed by atoms with Crippen molar-refractivity contribution in [3.05, 3.63) is 0 Å². The van der Waals surface area contributed by atoms with Crippen LogP contribution in [0.2, 0.25) is 0 Å². The third-order valence-corrected chi connectivity index (χ3v) is 1.84. The molecule has 1 unspecified atom stereocenters.